The fraction of sp³-hybridized carbons (Fsp3) is 0.296. The number of amides is 1. The molecule has 1 fully saturated rings. The number of fused-ring (bicyclic) bond motifs is 1. The van der Waals surface area contributed by atoms with E-state index >= 15 is 0 Å². The van der Waals surface area contributed by atoms with Gasteiger partial charge in [-0.25, -0.2) is 4.42 Å². The minimum absolute atomic E-state index is 0.0143. The molecule has 0 radical (unpaired) electrons. The first-order chi connectivity index (χ1) is 17.4. The summed E-state index contributed by atoms with van der Waals surface area (Å²) in [5, 5.41) is 5.85. The van der Waals surface area contributed by atoms with Gasteiger partial charge in [0.15, 0.2) is 0 Å². The molecule has 0 bridgehead atoms. The number of anilines is 1. The van der Waals surface area contributed by atoms with E-state index in [-0.39, 0.29) is 35.2 Å². The van der Waals surface area contributed by atoms with Crippen LogP contribution in [0.1, 0.15) is 24.8 Å². The summed E-state index contributed by atoms with van der Waals surface area (Å²) in [6, 6.07) is 17.9. The lowest BCUT2D eigenvalue weighted by Gasteiger charge is -2.46. The van der Waals surface area contributed by atoms with E-state index < -0.39 is 0 Å². The molecule has 9 heteroatoms. The predicted octanol–water partition coefficient (Wildman–Crippen LogP) is 4.48. The van der Waals surface area contributed by atoms with Crippen LogP contribution < -0.4 is 16.2 Å². The van der Waals surface area contributed by atoms with E-state index in [0.717, 1.165) is 36.0 Å². The number of benzene rings is 2. The molecule has 5 rings (SSSR count). The van der Waals surface area contributed by atoms with Crippen molar-refractivity contribution in [1.29, 1.82) is 0 Å². The van der Waals surface area contributed by atoms with Crippen LogP contribution in [0.25, 0.3) is 33.6 Å². The number of aromatic nitrogens is 2. The predicted molar refractivity (Wildman–Crippen MR) is 142 cm³/mol. The second-order valence-electron chi connectivity index (χ2n) is 9.12. The maximum atomic E-state index is 13.5. The van der Waals surface area contributed by atoms with Crippen LogP contribution in [0.2, 0.25) is 0 Å². The maximum Gasteiger partial charge on any atom is 0.266 e. The zero-order valence-electron chi connectivity index (χ0n) is 20.5. The highest BCUT2D eigenvalue weighted by Crippen LogP contribution is 2.47. The molecule has 0 aliphatic heterocycles. The van der Waals surface area contributed by atoms with Gasteiger partial charge in [0.1, 0.15) is 11.1 Å². The smallest absolute Gasteiger partial charge is 0.266 e. The lowest BCUT2D eigenvalue weighted by atomic mass is 9.72. The molecule has 0 atom stereocenters. The Morgan fingerprint density at radius 1 is 1.14 bits per heavy atom. The molecule has 1 aliphatic rings. The highest BCUT2D eigenvalue weighted by molar-refractivity contribution is 6.13. The van der Waals surface area contributed by atoms with Gasteiger partial charge in [-0.3, -0.25) is 14.2 Å². The molecule has 36 heavy (non-hydrogen) atoms. The van der Waals surface area contributed by atoms with E-state index in [2.05, 4.69) is 27.8 Å². The molecule has 0 saturated heterocycles. The van der Waals surface area contributed by atoms with E-state index in [9.17, 15) is 9.59 Å². The molecule has 8 nitrogen and oxygen atoms in total. The zero-order chi connectivity index (χ0) is 25.4. The first-order valence-electron chi connectivity index (χ1n) is 11.9. The fourth-order valence-corrected chi connectivity index (χ4v) is 5.11. The molecule has 2 N–H and O–H groups in total. The average Bonchev–Trinajstić information content (AvgIpc) is 3.24. The van der Waals surface area contributed by atoms with Crippen LogP contribution in [0, 0.1) is 0 Å². The highest BCUT2D eigenvalue weighted by Gasteiger charge is 2.42. The Hall–Kier alpha value is -3.62. The van der Waals surface area contributed by atoms with Gasteiger partial charge in [-0.2, -0.15) is 4.98 Å². The second-order valence-corrected chi connectivity index (χ2v) is 9.63. The van der Waals surface area contributed by atoms with Crippen molar-refractivity contribution in [2.24, 2.45) is 7.05 Å². The first-order valence-corrected chi connectivity index (χ1v) is 12.2. The fourth-order valence-electron chi connectivity index (χ4n) is 4.84. The molecule has 1 saturated carbocycles. The third-order valence-electron chi connectivity index (χ3n) is 7.14. The number of carbonyl (C=O) groups excluding carboxylic acids is 1. The molecule has 1 amide bonds. The number of halogens is 1. The van der Waals surface area contributed by atoms with Gasteiger partial charge in [-0.05, 0) is 42.2 Å². The van der Waals surface area contributed by atoms with Gasteiger partial charge in [0.2, 0.25) is 17.6 Å². The first kappa shape index (κ1) is 24.1. The molecule has 0 spiro atoms. The Morgan fingerprint density at radius 2 is 1.83 bits per heavy atom. The summed E-state index contributed by atoms with van der Waals surface area (Å²) in [7, 11) is 5.07. The molecule has 186 valence electrons. The Balaban J connectivity index is 1.66. The zero-order valence-corrected chi connectivity index (χ0v) is 21.2. The Kier molecular flexibility index (Phi) is 6.32. The van der Waals surface area contributed by atoms with Crippen molar-refractivity contribution in [1.82, 2.24) is 19.3 Å². The van der Waals surface area contributed by atoms with Crippen molar-refractivity contribution in [3.63, 3.8) is 0 Å². The van der Waals surface area contributed by atoms with E-state index in [1.54, 1.807) is 18.5 Å². The van der Waals surface area contributed by atoms with Crippen LogP contribution in [0.4, 0.5) is 5.95 Å². The normalized spacial score (nSPS) is 14.6. The van der Waals surface area contributed by atoms with Crippen LogP contribution >= 0.6 is 11.8 Å². The number of likely N-dealkylation sites (N-methyl/N-ethyl adjacent to an activating group) is 1. The van der Waals surface area contributed by atoms with Crippen molar-refractivity contribution in [2.45, 2.75) is 24.8 Å². The van der Waals surface area contributed by atoms with Crippen molar-refractivity contribution in [3.05, 3.63) is 70.5 Å². The minimum atomic E-state index is -0.262. The summed E-state index contributed by atoms with van der Waals surface area (Å²) in [5.41, 5.74) is 3.34. The van der Waals surface area contributed by atoms with Gasteiger partial charge >= 0.3 is 0 Å². The number of hydrogen-bond donors (Lipinski definition) is 2. The maximum absolute atomic E-state index is 13.5. The third-order valence-corrected chi connectivity index (χ3v) is 7.46. The summed E-state index contributed by atoms with van der Waals surface area (Å²) in [5.74, 6) is 0.600. The van der Waals surface area contributed by atoms with Crippen molar-refractivity contribution < 1.29 is 9.21 Å². The second kappa shape index (κ2) is 9.44. The standard InChI is InChI=1S/C27H28ClN5O3/c1-29-20(34)16-30-26-31-24-22(25(35)32(26)2)21(17-8-5-4-6-9-17)23(36-24)18-10-12-19(13-11-18)27(33(3)28)14-7-15-27/h4-6,8-13H,7,14-16H2,1-3H3,(H,29,34)(H,30,31). The Morgan fingerprint density at radius 3 is 2.42 bits per heavy atom. The summed E-state index contributed by atoms with van der Waals surface area (Å²) in [6.07, 6.45) is 3.17. The topological polar surface area (TPSA) is 92.4 Å². The van der Waals surface area contributed by atoms with E-state index in [4.69, 9.17) is 16.2 Å². The van der Waals surface area contributed by atoms with Crippen LogP contribution in [0.5, 0.6) is 0 Å². The largest absolute Gasteiger partial charge is 0.437 e. The SMILES string of the molecule is CNC(=O)CNc1nc2oc(-c3ccc(C4(N(C)Cl)CCC4)cc3)c(-c3ccccc3)c2c(=O)n1C. The molecule has 2 heterocycles. The number of rotatable bonds is 7. The monoisotopic (exact) mass is 505 g/mol. The lowest BCUT2D eigenvalue weighted by Crippen LogP contribution is -2.44. The van der Waals surface area contributed by atoms with Gasteiger partial charge < -0.3 is 15.1 Å². The average molecular weight is 506 g/mol. The van der Waals surface area contributed by atoms with Gasteiger partial charge in [-0.15, -0.1) is 0 Å². The van der Waals surface area contributed by atoms with Crippen LogP contribution in [-0.2, 0) is 17.4 Å². The van der Waals surface area contributed by atoms with Crippen molar-refractivity contribution in [2.75, 3.05) is 26.0 Å². The third kappa shape index (κ3) is 3.96. The summed E-state index contributed by atoms with van der Waals surface area (Å²) < 4.78 is 9.44. The van der Waals surface area contributed by atoms with Gasteiger partial charge in [0.05, 0.1) is 12.1 Å². The van der Waals surface area contributed by atoms with E-state index in [0.29, 0.717) is 16.7 Å². The van der Waals surface area contributed by atoms with Crippen LogP contribution in [0.3, 0.4) is 0 Å². The van der Waals surface area contributed by atoms with Crippen LogP contribution in [-0.4, -0.2) is 40.5 Å². The molecule has 2 aromatic carbocycles. The highest BCUT2D eigenvalue weighted by atomic mass is 35.5. The quantitative estimate of drug-likeness (QED) is 0.360. The van der Waals surface area contributed by atoms with E-state index in [1.165, 1.54) is 4.57 Å². The summed E-state index contributed by atoms with van der Waals surface area (Å²) in [6.45, 7) is -0.0143. The van der Waals surface area contributed by atoms with Crippen molar-refractivity contribution >= 4 is 34.7 Å². The number of nitrogens with one attached hydrogen (secondary N) is 2. The molecule has 1 aliphatic carbocycles. The van der Waals surface area contributed by atoms with E-state index in [1.807, 2.05) is 49.5 Å². The minimum Gasteiger partial charge on any atom is -0.437 e. The lowest BCUT2D eigenvalue weighted by molar-refractivity contribution is -0.118. The summed E-state index contributed by atoms with van der Waals surface area (Å²) >= 11 is 6.43. The number of hydrogen-bond acceptors (Lipinski definition) is 6. The molecule has 0 unspecified atom stereocenters. The number of furan rings is 1. The number of carbonyl (C=O) groups is 1. The Labute approximate surface area is 214 Å². The molecule has 2 aromatic heterocycles. The van der Waals surface area contributed by atoms with Gasteiger partial charge in [-0.1, -0.05) is 54.6 Å². The molecule has 4 aromatic rings. The molecular weight excluding hydrogens is 478 g/mol. The van der Waals surface area contributed by atoms with Gasteiger partial charge in [0, 0.05) is 32.3 Å². The molecular formula is C27H28ClN5O3. The van der Waals surface area contributed by atoms with Crippen LogP contribution in [0.15, 0.2) is 63.8 Å². The van der Waals surface area contributed by atoms with Gasteiger partial charge in [0.25, 0.3) is 5.56 Å². The van der Waals surface area contributed by atoms with Crippen molar-refractivity contribution in [3.8, 4) is 22.5 Å². The summed E-state index contributed by atoms with van der Waals surface area (Å²) in [4.78, 5) is 29.8. The Bertz CT molecular complexity index is 1470. The number of nitrogens with zero attached hydrogens (tertiary/aromatic N) is 3.